The largest absolute Gasteiger partial charge is 0.352 e. The monoisotopic (exact) mass is 371 g/mol. The van der Waals surface area contributed by atoms with Crippen molar-refractivity contribution in [2.45, 2.75) is 63.2 Å². The fourth-order valence-corrected chi connectivity index (χ4v) is 9.68. The van der Waals surface area contributed by atoms with Crippen molar-refractivity contribution in [3.63, 3.8) is 0 Å². The maximum atomic E-state index is 12.4. The lowest BCUT2D eigenvalue weighted by Crippen LogP contribution is -2.56. The summed E-state index contributed by atoms with van der Waals surface area (Å²) in [5, 5.41) is 3.38. The molecule has 4 bridgehead atoms. The average Bonchev–Trinajstić information content (AvgIpc) is 2.83. The first kappa shape index (κ1) is 17.2. The smallest absolute Gasteiger partial charge is 0.230 e. The van der Waals surface area contributed by atoms with Crippen LogP contribution in [0.4, 0.5) is 0 Å². The van der Waals surface area contributed by atoms with E-state index in [4.69, 9.17) is 0 Å². The average molecular weight is 372 g/mol. The van der Waals surface area contributed by atoms with Gasteiger partial charge in [0.05, 0.1) is 17.3 Å². The van der Waals surface area contributed by atoms with Gasteiger partial charge in [0.1, 0.15) is 0 Å². The highest BCUT2D eigenvalue weighted by atomic mass is 32.2. The fraction of sp³-hybridized carbons (Fsp3) is 0.944. The highest BCUT2D eigenvalue weighted by Crippen LogP contribution is 2.61. The summed E-state index contributed by atoms with van der Waals surface area (Å²) in [6, 6.07) is 0.256. The van der Waals surface area contributed by atoms with Gasteiger partial charge >= 0.3 is 0 Å². The quantitative estimate of drug-likeness (QED) is 0.807. The zero-order chi connectivity index (χ0) is 16.9. The number of amides is 1. The van der Waals surface area contributed by atoms with Crippen molar-refractivity contribution in [2.24, 2.45) is 23.2 Å². The maximum Gasteiger partial charge on any atom is 0.230 e. The third kappa shape index (κ3) is 3.37. The van der Waals surface area contributed by atoms with Crippen molar-refractivity contribution in [3.8, 4) is 0 Å². The van der Waals surface area contributed by atoms with Crippen LogP contribution in [-0.4, -0.2) is 42.9 Å². The van der Waals surface area contributed by atoms with Crippen LogP contribution in [0.3, 0.4) is 0 Å². The van der Waals surface area contributed by atoms with Crippen LogP contribution in [0.25, 0.3) is 0 Å². The molecule has 0 aromatic heterocycles. The summed E-state index contributed by atoms with van der Waals surface area (Å²) in [5.41, 5.74) is 0.339. The molecule has 5 fully saturated rings. The topological polar surface area (TPSA) is 63.2 Å². The Bertz CT molecular complexity index is 580. The zero-order valence-corrected chi connectivity index (χ0v) is 16.1. The number of carbonyl (C=O) groups excluding carboxylic acids is 1. The molecule has 0 radical (unpaired) electrons. The zero-order valence-electron chi connectivity index (χ0n) is 14.5. The molecule has 1 heterocycles. The Morgan fingerprint density at radius 1 is 1.17 bits per heavy atom. The lowest BCUT2D eigenvalue weighted by atomic mass is 9.48. The molecule has 0 aromatic rings. The van der Waals surface area contributed by atoms with Gasteiger partial charge in [0.25, 0.3) is 0 Å². The first-order valence-corrected chi connectivity index (χ1v) is 12.3. The molecule has 0 spiro atoms. The van der Waals surface area contributed by atoms with Gasteiger partial charge in [0, 0.05) is 11.3 Å². The fourth-order valence-electron chi connectivity index (χ4n) is 6.23. The number of sulfone groups is 1. The van der Waals surface area contributed by atoms with Gasteiger partial charge in [-0.3, -0.25) is 4.79 Å². The van der Waals surface area contributed by atoms with Gasteiger partial charge in [-0.05, 0) is 75.0 Å². The van der Waals surface area contributed by atoms with Crippen LogP contribution in [-0.2, 0) is 14.6 Å². The minimum absolute atomic E-state index is 0.0903. The highest BCUT2D eigenvalue weighted by molar-refractivity contribution is 8.02. The number of hydrogen-bond acceptors (Lipinski definition) is 4. The van der Waals surface area contributed by atoms with Gasteiger partial charge in [0.2, 0.25) is 5.91 Å². The molecule has 0 aromatic carbocycles. The lowest BCUT2D eigenvalue weighted by molar-refractivity contribution is -0.123. The highest BCUT2D eigenvalue weighted by Gasteiger charge is 2.53. The summed E-state index contributed by atoms with van der Waals surface area (Å²) in [4.78, 5) is 12.4. The van der Waals surface area contributed by atoms with E-state index in [1.807, 2.05) is 0 Å². The molecule has 136 valence electrons. The van der Waals surface area contributed by atoms with E-state index in [2.05, 4.69) is 12.2 Å². The third-order valence-corrected chi connectivity index (χ3v) is 10.3. The number of hydrogen-bond donors (Lipinski definition) is 1. The minimum atomic E-state index is -2.85. The third-order valence-electron chi connectivity index (χ3n) is 7.02. The summed E-state index contributed by atoms with van der Waals surface area (Å²) < 4.78 is 23.0. The van der Waals surface area contributed by atoms with Gasteiger partial charge in [-0.1, -0.05) is 0 Å². The molecule has 2 atom stereocenters. The van der Waals surface area contributed by atoms with Gasteiger partial charge in [-0.2, -0.15) is 0 Å². The standard InChI is InChI=1S/C18H29NO3S2/c1-12(18-7-13-4-14(8-18)6-15(5-13)9-18)19-17(20)10-23-16-2-3-24(21,22)11-16/h12-16H,2-11H2,1H3,(H,19,20). The van der Waals surface area contributed by atoms with E-state index in [0.29, 0.717) is 17.6 Å². The first-order chi connectivity index (χ1) is 11.3. The van der Waals surface area contributed by atoms with Crippen LogP contribution in [0.2, 0.25) is 0 Å². The van der Waals surface area contributed by atoms with Crippen molar-refractivity contribution in [2.75, 3.05) is 17.3 Å². The molecule has 1 aliphatic heterocycles. The van der Waals surface area contributed by atoms with Crippen LogP contribution in [0.1, 0.15) is 51.9 Å². The molecule has 4 nitrogen and oxygen atoms in total. The summed E-state index contributed by atoms with van der Waals surface area (Å²) in [7, 11) is -2.85. The summed E-state index contributed by atoms with van der Waals surface area (Å²) >= 11 is 1.52. The van der Waals surface area contributed by atoms with Gasteiger partial charge in [0.15, 0.2) is 9.84 Å². The van der Waals surface area contributed by atoms with E-state index < -0.39 is 9.84 Å². The van der Waals surface area contributed by atoms with Crippen LogP contribution >= 0.6 is 11.8 Å². The molecule has 1 saturated heterocycles. The van der Waals surface area contributed by atoms with Crippen molar-refractivity contribution in [1.29, 1.82) is 0 Å². The van der Waals surface area contributed by atoms with Crippen LogP contribution in [0.5, 0.6) is 0 Å². The van der Waals surface area contributed by atoms with Crippen LogP contribution in [0.15, 0.2) is 0 Å². The first-order valence-electron chi connectivity index (χ1n) is 9.45. The molecule has 24 heavy (non-hydrogen) atoms. The Kier molecular flexibility index (Phi) is 4.43. The van der Waals surface area contributed by atoms with Crippen molar-refractivity contribution >= 4 is 27.5 Å². The minimum Gasteiger partial charge on any atom is -0.352 e. The second kappa shape index (κ2) is 6.19. The van der Waals surface area contributed by atoms with Gasteiger partial charge in [-0.25, -0.2) is 8.42 Å². The van der Waals surface area contributed by atoms with Crippen LogP contribution < -0.4 is 5.32 Å². The molecule has 5 rings (SSSR count). The molecule has 1 N–H and O–H groups in total. The Morgan fingerprint density at radius 3 is 2.25 bits per heavy atom. The molecule has 6 heteroatoms. The van der Waals surface area contributed by atoms with E-state index in [1.165, 1.54) is 50.3 Å². The van der Waals surface area contributed by atoms with Gasteiger partial charge < -0.3 is 5.32 Å². The van der Waals surface area contributed by atoms with Crippen molar-refractivity contribution < 1.29 is 13.2 Å². The molecule has 4 saturated carbocycles. The molecule has 5 aliphatic rings. The van der Waals surface area contributed by atoms with Crippen LogP contribution in [0, 0.1) is 23.2 Å². The van der Waals surface area contributed by atoms with E-state index in [9.17, 15) is 13.2 Å². The summed E-state index contributed by atoms with van der Waals surface area (Å²) in [6.45, 7) is 2.20. The number of rotatable bonds is 5. The second-order valence-electron chi connectivity index (χ2n) is 8.91. The Labute approximate surface area is 149 Å². The summed E-state index contributed by atoms with van der Waals surface area (Å²) in [5.74, 6) is 3.71. The molecule has 4 aliphatic carbocycles. The molecular weight excluding hydrogens is 342 g/mol. The Morgan fingerprint density at radius 2 is 1.75 bits per heavy atom. The van der Waals surface area contributed by atoms with Gasteiger partial charge in [-0.15, -0.1) is 11.8 Å². The molecule has 1 amide bonds. The Hall–Kier alpha value is -0.230. The SMILES string of the molecule is CC(NC(=O)CSC1CCS(=O)(=O)C1)C12CC3CC(CC(C3)C1)C2. The predicted octanol–water partition coefficient (Wildman–Crippen LogP) is 2.63. The van der Waals surface area contributed by atoms with Crippen molar-refractivity contribution in [1.82, 2.24) is 5.32 Å². The van der Waals surface area contributed by atoms with E-state index in [1.54, 1.807) is 0 Å². The van der Waals surface area contributed by atoms with E-state index >= 15 is 0 Å². The number of nitrogens with one attached hydrogen (secondary N) is 1. The van der Waals surface area contributed by atoms with E-state index in [0.717, 1.165) is 17.8 Å². The maximum absolute atomic E-state index is 12.4. The lowest BCUT2D eigenvalue weighted by Gasteiger charge is -2.59. The van der Waals surface area contributed by atoms with Crippen molar-refractivity contribution in [3.05, 3.63) is 0 Å². The predicted molar refractivity (Wildman–Crippen MR) is 97.7 cm³/mol. The normalized spacial score (nSPS) is 43.7. The second-order valence-corrected chi connectivity index (χ2v) is 12.4. The number of carbonyl (C=O) groups is 1. The molecular formula is C18H29NO3S2. The number of thioether (sulfide) groups is 1. The Balaban J connectivity index is 1.30. The van der Waals surface area contributed by atoms with E-state index in [-0.39, 0.29) is 28.7 Å². The molecule has 2 unspecified atom stereocenters. The summed E-state index contributed by atoms with van der Waals surface area (Å²) in [6.07, 6.45) is 8.87.